The summed E-state index contributed by atoms with van der Waals surface area (Å²) in [4.78, 5) is 16.0. The van der Waals surface area contributed by atoms with Crippen LogP contribution in [0.5, 0.6) is 0 Å². The van der Waals surface area contributed by atoms with Crippen LogP contribution in [-0.4, -0.2) is 34.2 Å². The third-order valence-corrected chi connectivity index (χ3v) is 3.57. The fourth-order valence-electron chi connectivity index (χ4n) is 2.25. The van der Waals surface area contributed by atoms with Crippen LogP contribution in [0.3, 0.4) is 0 Å². The number of carbonyl (C=O) groups is 1. The molecule has 1 aromatic rings. The van der Waals surface area contributed by atoms with E-state index in [2.05, 4.69) is 11.1 Å². The zero-order valence-electron chi connectivity index (χ0n) is 9.94. The predicted octanol–water partition coefficient (Wildman–Crippen LogP) is 2.41. The summed E-state index contributed by atoms with van der Waals surface area (Å²) >= 11 is 5.64. The lowest BCUT2D eigenvalue weighted by Crippen LogP contribution is -2.44. The summed E-state index contributed by atoms with van der Waals surface area (Å²) in [6, 6.07) is 3.21. The second-order valence-electron chi connectivity index (χ2n) is 4.45. The highest BCUT2D eigenvalue weighted by molar-refractivity contribution is 6.30. The van der Waals surface area contributed by atoms with Gasteiger partial charge < -0.3 is 10.0 Å². The first-order valence-electron chi connectivity index (χ1n) is 5.69. The smallest absolute Gasteiger partial charge is 0.407 e. The van der Waals surface area contributed by atoms with E-state index in [-0.39, 0.29) is 36.6 Å². The number of amides is 1. The standard InChI is InChI=1S/C12H11ClFN3O2/c13-8-5-9(14)10(16-6-8)12(7-15)1-3-17(4-2-12)11(18)19/h5-6H,1-4H2,(H,18,19). The zero-order chi connectivity index (χ0) is 14.0. The fraction of sp³-hybridized carbons (Fsp3) is 0.417. The lowest BCUT2D eigenvalue weighted by Gasteiger charge is -2.35. The Morgan fingerprint density at radius 3 is 2.68 bits per heavy atom. The van der Waals surface area contributed by atoms with E-state index in [1.165, 1.54) is 11.1 Å². The second kappa shape index (κ2) is 5.02. The summed E-state index contributed by atoms with van der Waals surface area (Å²) in [6.07, 6.45) is 0.710. The quantitative estimate of drug-likeness (QED) is 0.858. The first-order valence-corrected chi connectivity index (χ1v) is 6.07. The third kappa shape index (κ3) is 2.47. The number of nitriles is 1. The Balaban J connectivity index is 2.31. The van der Waals surface area contributed by atoms with Gasteiger partial charge in [0.25, 0.3) is 0 Å². The van der Waals surface area contributed by atoms with Gasteiger partial charge in [0.15, 0.2) is 0 Å². The molecule has 19 heavy (non-hydrogen) atoms. The lowest BCUT2D eigenvalue weighted by atomic mass is 9.76. The van der Waals surface area contributed by atoms with Crippen LogP contribution >= 0.6 is 11.6 Å². The van der Waals surface area contributed by atoms with Crippen molar-refractivity contribution in [3.8, 4) is 6.07 Å². The van der Waals surface area contributed by atoms with Crippen LogP contribution in [0.1, 0.15) is 18.5 Å². The van der Waals surface area contributed by atoms with Crippen molar-refractivity contribution >= 4 is 17.7 Å². The van der Waals surface area contributed by atoms with Crippen molar-refractivity contribution in [2.75, 3.05) is 13.1 Å². The Bertz CT molecular complexity index is 550. The summed E-state index contributed by atoms with van der Waals surface area (Å²) in [5.41, 5.74) is -1.04. The highest BCUT2D eigenvalue weighted by atomic mass is 35.5. The number of likely N-dealkylation sites (tertiary alicyclic amines) is 1. The van der Waals surface area contributed by atoms with Gasteiger partial charge in [-0.1, -0.05) is 11.6 Å². The van der Waals surface area contributed by atoms with Gasteiger partial charge in [-0.3, -0.25) is 4.98 Å². The molecule has 0 unspecified atom stereocenters. The summed E-state index contributed by atoms with van der Waals surface area (Å²) < 4.78 is 13.9. The molecule has 5 nitrogen and oxygen atoms in total. The molecule has 0 radical (unpaired) electrons. The van der Waals surface area contributed by atoms with E-state index in [1.54, 1.807) is 0 Å². The zero-order valence-corrected chi connectivity index (χ0v) is 10.7. The monoisotopic (exact) mass is 283 g/mol. The maximum Gasteiger partial charge on any atom is 0.407 e. The molecule has 7 heteroatoms. The number of hydrogen-bond acceptors (Lipinski definition) is 3. The highest BCUT2D eigenvalue weighted by Gasteiger charge is 2.41. The molecule has 1 fully saturated rings. The Morgan fingerprint density at radius 2 is 2.21 bits per heavy atom. The van der Waals surface area contributed by atoms with Crippen molar-refractivity contribution in [2.24, 2.45) is 0 Å². The number of pyridine rings is 1. The molecule has 1 aromatic heterocycles. The number of carboxylic acid groups (broad SMARTS) is 1. The Kier molecular flexibility index (Phi) is 3.58. The maximum atomic E-state index is 13.9. The molecule has 2 rings (SSSR count). The van der Waals surface area contributed by atoms with Crippen molar-refractivity contribution in [2.45, 2.75) is 18.3 Å². The molecule has 0 saturated carbocycles. The number of aromatic nitrogens is 1. The molecule has 2 heterocycles. The van der Waals surface area contributed by atoms with Crippen molar-refractivity contribution < 1.29 is 14.3 Å². The number of rotatable bonds is 1. The number of piperidine rings is 1. The molecule has 100 valence electrons. The van der Waals surface area contributed by atoms with Crippen molar-refractivity contribution in [3.63, 3.8) is 0 Å². The number of nitrogens with zero attached hydrogens (tertiary/aromatic N) is 3. The van der Waals surface area contributed by atoms with Crippen molar-refractivity contribution in [3.05, 3.63) is 28.8 Å². The molecule has 0 atom stereocenters. The first-order chi connectivity index (χ1) is 8.98. The molecule has 1 aliphatic rings. The number of halogens is 2. The van der Waals surface area contributed by atoms with E-state index in [0.29, 0.717) is 0 Å². The largest absolute Gasteiger partial charge is 0.465 e. The van der Waals surface area contributed by atoms with Gasteiger partial charge in [0.2, 0.25) is 0 Å². The number of hydrogen-bond donors (Lipinski definition) is 1. The molecule has 0 aromatic carbocycles. The third-order valence-electron chi connectivity index (χ3n) is 3.36. The summed E-state index contributed by atoms with van der Waals surface area (Å²) in [5.74, 6) is -0.627. The van der Waals surface area contributed by atoms with Crippen LogP contribution in [0.15, 0.2) is 12.3 Å². The van der Waals surface area contributed by atoms with E-state index in [9.17, 15) is 14.4 Å². The summed E-state index contributed by atoms with van der Waals surface area (Å²) in [7, 11) is 0. The minimum Gasteiger partial charge on any atom is -0.465 e. The van der Waals surface area contributed by atoms with Crippen LogP contribution in [0, 0.1) is 17.1 Å². The van der Waals surface area contributed by atoms with Gasteiger partial charge in [-0.25, -0.2) is 9.18 Å². The first kappa shape index (κ1) is 13.6. The maximum absolute atomic E-state index is 13.9. The fourth-order valence-corrected chi connectivity index (χ4v) is 2.39. The highest BCUT2D eigenvalue weighted by Crippen LogP contribution is 2.35. The molecule has 1 aliphatic heterocycles. The molecule has 0 aliphatic carbocycles. The second-order valence-corrected chi connectivity index (χ2v) is 4.88. The van der Waals surface area contributed by atoms with E-state index >= 15 is 0 Å². The molecular weight excluding hydrogens is 273 g/mol. The van der Waals surface area contributed by atoms with Gasteiger partial charge in [-0.15, -0.1) is 0 Å². The van der Waals surface area contributed by atoms with Gasteiger partial charge in [0.1, 0.15) is 11.2 Å². The minimum atomic E-state index is -1.08. The van der Waals surface area contributed by atoms with Crippen LogP contribution in [-0.2, 0) is 5.41 Å². The van der Waals surface area contributed by atoms with E-state index in [1.807, 2.05) is 0 Å². The van der Waals surface area contributed by atoms with Crippen molar-refractivity contribution in [1.29, 1.82) is 5.26 Å². The molecule has 1 saturated heterocycles. The predicted molar refractivity (Wildman–Crippen MR) is 65.3 cm³/mol. The minimum absolute atomic E-state index is 0.0458. The van der Waals surface area contributed by atoms with Gasteiger partial charge in [-0.05, 0) is 18.9 Å². The Hall–Kier alpha value is -1.87. The molecular formula is C12H11ClFN3O2. The van der Waals surface area contributed by atoms with E-state index < -0.39 is 17.3 Å². The van der Waals surface area contributed by atoms with Crippen LogP contribution in [0.4, 0.5) is 9.18 Å². The Labute approximate surface area is 114 Å². The van der Waals surface area contributed by atoms with E-state index in [4.69, 9.17) is 16.7 Å². The molecule has 1 N–H and O–H groups in total. The van der Waals surface area contributed by atoms with Crippen LogP contribution in [0.25, 0.3) is 0 Å². The van der Waals surface area contributed by atoms with Gasteiger partial charge in [0, 0.05) is 19.3 Å². The van der Waals surface area contributed by atoms with Crippen molar-refractivity contribution in [1.82, 2.24) is 9.88 Å². The van der Waals surface area contributed by atoms with Gasteiger partial charge in [0.05, 0.1) is 16.8 Å². The lowest BCUT2D eigenvalue weighted by molar-refractivity contribution is 0.124. The molecule has 1 amide bonds. The van der Waals surface area contributed by atoms with Crippen LogP contribution in [0.2, 0.25) is 5.02 Å². The average Bonchev–Trinajstić information content (AvgIpc) is 2.38. The summed E-state index contributed by atoms with van der Waals surface area (Å²) in [6.45, 7) is 0.374. The topological polar surface area (TPSA) is 77.2 Å². The SMILES string of the molecule is N#CC1(c2ncc(Cl)cc2F)CCN(C(=O)O)CC1. The normalized spacial score (nSPS) is 17.8. The molecule has 0 bridgehead atoms. The average molecular weight is 284 g/mol. The Morgan fingerprint density at radius 1 is 1.58 bits per heavy atom. The summed E-state index contributed by atoms with van der Waals surface area (Å²) in [5, 5.41) is 18.4. The van der Waals surface area contributed by atoms with Gasteiger partial charge in [-0.2, -0.15) is 5.26 Å². The van der Waals surface area contributed by atoms with Gasteiger partial charge >= 0.3 is 6.09 Å². The molecule has 0 spiro atoms. The van der Waals surface area contributed by atoms with E-state index in [0.717, 1.165) is 6.07 Å². The van der Waals surface area contributed by atoms with Crippen LogP contribution < -0.4 is 0 Å².